The average Bonchev–Trinajstić information content (AvgIpc) is 3.16. The molecule has 6 nitrogen and oxygen atoms in total. The van der Waals surface area contributed by atoms with E-state index in [2.05, 4.69) is 10.4 Å². The van der Waals surface area contributed by atoms with Gasteiger partial charge in [0.15, 0.2) is 17.5 Å². The van der Waals surface area contributed by atoms with Gasteiger partial charge in [-0.3, -0.25) is 14.4 Å². The number of likely N-dealkylation sites (tertiary alicyclic amines) is 1. The zero-order valence-corrected chi connectivity index (χ0v) is 15.1. The van der Waals surface area contributed by atoms with Crippen LogP contribution in [0.1, 0.15) is 17.3 Å². The highest BCUT2D eigenvalue weighted by Crippen LogP contribution is 2.38. The molecular formula is C17H16F6N4O2. The number of aliphatic hydroxyl groups excluding tert-OH is 1. The van der Waals surface area contributed by atoms with Crippen molar-refractivity contribution in [3.63, 3.8) is 0 Å². The van der Waals surface area contributed by atoms with E-state index in [9.17, 15) is 36.2 Å². The van der Waals surface area contributed by atoms with Gasteiger partial charge in [-0.2, -0.15) is 18.3 Å². The minimum absolute atomic E-state index is 0.00613. The van der Waals surface area contributed by atoms with E-state index in [1.807, 2.05) is 0 Å². The highest BCUT2D eigenvalue weighted by atomic mass is 19.4. The average molecular weight is 422 g/mol. The molecule has 1 saturated heterocycles. The first-order valence-electron chi connectivity index (χ1n) is 8.35. The maximum Gasteiger partial charge on any atom is 0.433 e. The summed E-state index contributed by atoms with van der Waals surface area (Å²) in [5, 5.41) is 16.2. The number of carbonyl (C=O) groups is 1. The molecule has 0 bridgehead atoms. The van der Waals surface area contributed by atoms with Crippen LogP contribution in [0.4, 0.5) is 32.0 Å². The molecule has 158 valence electrons. The summed E-state index contributed by atoms with van der Waals surface area (Å²) in [5.74, 6) is -8.13. The van der Waals surface area contributed by atoms with Crippen molar-refractivity contribution in [2.75, 3.05) is 18.9 Å². The SMILES string of the molecule is CN1C[C@H](c2cc(C(F)(F)F)n(C)n2)[C@@H](C(=O)Nc2ccc(F)c(F)c2F)C1O. The summed E-state index contributed by atoms with van der Waals surface area (Å²) in [6.07, 6.45) is -6.08. The van der Waals surface area contributed by atoms with E-state index in [1.165, 1.54) is 11.9 Å². The molecule has 1 amide bonds. The Morgan fingerprint density at radius 2 is 1.86 bits per heavy atom. The van der Waals surface area contributed by atoms with E-state index < -0.39 is 59.0 Å². The van der Waals surface area contributed by atoms with Crippen LogP contribution < -0.4 is 5.32 Å². The first-order chi connectivity index (χ1) is 13.4. The van der Waals surface area contributed by atoms with Gasteiger partial charge >= 0.3 is 6.18 Å². The van der Waals surface area contributed by atoms with Gasteiger partial charge < -0.3 is 10.4 Å². The third-order valence-corrected chi connectivity index (χ3v) is 4.86. The number of benzene rings is 1. The van der Waals surface area contributed by atoms with Crippen LogP contribution in [-0.4, -0.2) is 45.5 Å². The summed E-state index contributed by atoms with van der Waals surface area (Å²) < 4.78 is 80.1. The second-order valence-corrected chi connectivity index (χ2v) is 6.77. The number of rotatable bonds is 3. The molecule has 1 aromatic heterocycles. The number of aromatic nitrogens is 2. The lowest BCUT2D eigenvalue weighted by Crippen LogP contribution is -2.36. The summed E-state index contributed by atoms with van der Waals surface area (Å²) >= 11 is 0. The van der Waals surface area contributed by atoms with Crippen molar-refractivity contribution in [2.45, 2.75) is 18.3 Å². The molecule has 1 aliphatic rings. The molecule has 0 spiro atoms. The van der Waals surface area contributed by atoms with E-state index in [1.54, 1.807) is 0 Å². The molecule has 3 rings (SSSR count). The molecule has 0 aliphatic carbocycles. The number of aryl methyl sites for hydroxylation is 1. The van der Waals surface area contributed by atoms with Crippen molar-refractivity contribution in [1.29, 1.82) is 0 Å². The number of carbonyl (C=O) groups excluding carboxylic acids is 1. The van der Waals surface area contributed by atoms with Gasteiger partial charge in [-0.1, -0.05) is 0 Å². The smallest absolute Gasteiger partial charge is 0.378 e. The monoisotopic (exact) mass is 422 g/mol. The topological polar surface area (TPSA) is 70.4 Å². The highest BCUT2D eigenvalue weighted by Gasteiger charge is 2.47. The molecule has 0 saturated carbocycles. The maximum absolute atomic E-state index is 13.8. The van der Waals surface area contributed by atoms with Gasteiger partial charge in [0.2, 0.25) is 5.91 Å². The minimum atomic E-state index is -4.67. The van der Waals surface area contributed by atoms with Gasteiger partial charge in [0, 0.05) is 19.5 Å². The van der Waals surface area contributed by atoms with Crippen LogP contribution in [0.3, 0.4) is 0 Å². The van der Waals surface area contributed by atoms with Crippen molar-refractivity contribution in [3.05, 3.63) is 47.0 Å². The molecule has 2 heterocycles. The summed E-state index contributed by atoms with van der Waals surface area (Å²) in [4.78, 5) is 14.0. The van der Waals surface area contributed by atoms with Gasteiger partial charge in [0.25, 0.3) is 0 Å². The number of amides is 1. The zero-order valence-electron chi connectivity index (χ0n) is 15.1. The Morgan fingerprint density at radius 3 is 2.45 bits per heavy atom. The molecule has 12 heteroatoms. The molecular weight excluding hydrogens is 406 g/mol. The molecule has 2 aromatic rings. The molecule has 1 aromatic carbocycles. The first-order valence-corrected chi connectivity index (χ1v) is 8.35. The lowest BCUT2D eigenvalue weighted by Gasteiger charge is -2.21. The Kier molecular flexibility index (Phi) is 5.34. The number of hydrogen-bond donors (Lipinski definition) is 2. The van der Waals surface area contributed by atoms with Crippen LogP contribution in [0.5, 0.6) is 0 Å². The molecule has 1 unspecified atom stereocenters. The van der Waals surface area contributed by atoms with Crippen molar-refractivity contribution >= 4 is 11.6 Å². The molecule has 1 fully saturated rings. The third kappa shape index (κ3) is 3.81. The maximum atomic E-state index is 13.8. The highest BCUT2D eigenvalue weighted by molar-refractivity contribution is 5.94. The molecule has 0 radical (unpaired) electrons. The lowest BCUT2D eigenvalue weighted by molar-refractivity contribution is -0.143. The fourth-order valence-electron chi connectivity index (χ4n) is 3.38. The van der Waals surface area contributed by atoms with Crippen LogP contribution in [0, 0.1) is 23.4 Å². The molecule has 3 atom stereocenters. The Morgan fingerprint density at radius 1 is 1.21 bits per heavy atom. The van der Waals surface area contributed by atoms with Crippen LogP contribution in [0.25, 0.3) is 0 Å². The first kappa shape index (κ1) is 21.1. The lowest BCUT2D eigenvalue weighted by atomic mass is 9.90. The van der Waals surface area contributed by atoms with Gasteiger partial charge in [0.1, 0.15) is 11.9 Å². The van der Waals surface area contributed by atoms with Crippen molar-refractivity contribution in [2.24, 2.45) is 13.0 Å². The number of nitrogens with one attached hydrogen (secondary N) is 1. The molecule has 2 N–H and O–H groups in total. The quantitative estimate of drug-likeness (QED) is 0.589. The van der Waals surface area contributed by atoms with Crippen LogP contribution >= 0.6 is 0 Å². The fraction of sp³-hybridized carbons (Fsp3) is 0.412. The molecule has 29 heavy (non-hydrogen) atoms. The predicted octanol–water partition coefficient (Wildman–Crippen LogP) is 2.46. The van der Waals surface area contributed by atoms with E-state index in [0.29, 0.717) is 10.7 Å². The van der Waals surface area contributed by atoms with E-state index >= 15 is 0 Å². The second-order valence-electron chi connectivity index (χ2n) is 6.77. The summed E-state index contributed by atoms with van der Waals surface area (Å²) in [5.41, 5.74) is -1.79. The number of halogens is 6. The van der Waals surface area contributed by atoms with Gasteiger partial charge in [-0.05, 0) is 25.2 Å². The number of likely N-dealkylation sites (N-methyl/N-ethyl adjacent to an activating group) is 1. The van der Waals surface area contributed by atoms with Crippen molar-refractivity contribution < 1.29 is 36.2 Å². The summed E-state index contributed by atoms with van der Waals surface area (Å²) in [6, 6.07) is 2.18. The Hall–Kier alpha value is -2.60. The number of nitrogens with zero attached hydrogens (tertiary/aromatic N) is 3. The fourth-order valence-corrected chi connectivity index (χ4v) is 3.38. The number of anilines is 1. The standard InChI is InChI=1S/C17H16F6N4O2/c1-26-6-7(10-5-11(17(21,22)23)27(2)25-10)12(16(26)29)15(28)24-9-4-3-8(18)13(19)14(9)20/h3-5,7,12,16,29H,6H2,1-2H3,(H,24,28)/t7-,12+,16?/m1/s1. The van der Waals surface area contributed by atoms with Gasteiger partial charge in [-0.15, -0.1) is 0 Å². The number of aliphatic hydroxyl groups is 1. The zero-order chi connectivity index (χ0) is 21.7. The van der Waals surface area contributed by atoms with Gasteiger partial charge in [0.05, 0.1) is 17.3 Å². The van der Waals surface area contributed by atoms with E-state index in [-0.39, 0.29) is 12.2 Å². The van der Waals surface area contributed by atoms with Crippen LogP contribution in [0.2, 0.25) is 0 Å². The predicted molar refractivity (Wildman–Crippen MR) is 88.0 cm³/mol. The van der Waals surface area contributed by atoms with Crippen LogP contribution in [0.15, 0.2) is 18.2 Å². The largest absolute Gasteiger partial charge is 0.433 e. The molecule has 1 aliphatic heterocycles. The van der Waals surface area contributed by atoms with Crippen LogP contribution in [-0.2, 0) is 18.0 Å². The number of alkyl halides is 3. The van der Waals surface area contributed by atoms with E-state index in [0.717, 1.165) is 19.2 Å². The van der Waals surface area contributed by atoms with Crippen molar-refractivity contribution in [3.8, 4) is 0 Å². The summed E-state index contributed by atoms with van der Waals surface area (Å²) in [7, 11) is 2.53. The third-order valence-electron chi connectivity index (χ3n) is 4.86. The van der Waals surface area contributed by atoms with E-state index in [4.69, 9.17) is 0 Å². The Labute approximate surface area is 160 Å². The Bertz CT molecular complexity index is 945. The summed E-state index contributed by atoms with van der Waals surface area (Å²) in [6.45, 7) is -0.00613. The number of hydrogen-bond acceptors (Lipinski definition) is 4. The minimum Gasteiger partial charge on any atom is -0.378 e. The van der Waals surface area contributed by atoms with Crippen molar-refractivity contribution in [1.82, 2.24) is 14.7 Å². The normalized spacial score (nSPS) is 22.9. The Balaban J connectivity index is 1.92. The second kappa shape index (κ2) is 7.34. The van der Waals surface area contributed by atoms with Gasteiger partial charge in [-0.25, -0.2) is 13.2 Å².